The predicted molar refractivity (Wildman–Crippen MR) is 161 cm³/mol. The summed E-state index contributed by atoms with van der Waals surface area (Å²) in [5.74, 6) is -1.04. The van der Waals surface area contributed by atoms with Gasteiger partial charge in [0, 0.05) is 35.9 Å². The number of carbonyl (C=O) groups excluding carboxylic acids is 2. The third-order valence-electron chi connectivity index (χ3n) is 6.06. The molecule has 0 fully saturated rings. The maximum Gasteiger partial charge on any atom is 0.287 e. The summed E-state index contributed by atoms with van der Waals surface area (Å²) in [4.78, 5) is 27.9. The van der Waals surface area contributed by atoms with Crippen LogP contribution in [0.1, 0.15) is 32.6 Å². The molecule has 0 heterocycles. The van der Waals surface area contributed by atoms with Crippen molar-refractivity contribution in [1.29, 1.82) is 0 Å². The highest BCUT2D eigenvalue weighted by atomic mass is 35.5. The molecule has 0 aliphatic carbocycles. The first-order valence-electron chi connectivity index (χ1n) is 12.5. The van der Waals surface area contributed by atoms with Crippen LogP contribution >= 0.6 is 11.6 Å². The van der Waals surface area contributed by atoms with Gasteiger partial charge in [-0.05, 0) is 71.7 Å². The van der Waals surface area contributed by atoms with Crippen LogP contribution in [-0.2, 0) is 11.2 Å². The Morgan fingerprint density at radius 2 is 1.62 bits per heavy atom. The number of aromatic hydroxyl groups is 1. The Morgan fingerprint density at radius 3 is 2.33 bits per heavy atom. The number of phenols is 1. The van der Waals surface area contributed by atoms with Crippen molar-refractivity contribution in [2.75, 3.05) is 19.0 Å². The molecular formula is C32H29ClN4O3. The molecular weight excluding hydrogens is 524 g/mol. The van der Waals surface area contributed by atoms with E-state index in [4.69, 9.17) is 11.6 Å². The minimum Gasteiger partial charge on any atom is -0.507 e. The summed E-state index contributed by atoms with van der Waals surface area (Å²) in [6.07, 6.45) is 3.50. The van der Waals surface area contributed by atoms with E-state index in [1.807, 2.05) is 67.5 Å². The standard InChI is InChI=1S/C32H29ClN4O3/c1-37(2)27-15-12-22(13-16-27)20-29(35-31(39)24-8-4-3-5-9-24)32(40)36-34-21-26-19-23(14-17-30(26)38)18-25-10-6-7-11-28(25)33/h3-17,19-21,38H,18H2,1-2H3,(H,35,39)(H,36,40). The molecule has 0 atom stereocenters. The van der Waals surface area contributed by atoms with Gasteiger partial charge >= 0.3 is 0 Å². The highest BCUT2D eigenvalue weighted by Crippen LogP contribution is 2.22. The van der Waals surface area contributed by atoms with Crippen molar-refractivity contribution in [2.45, 2.75) is 6.42 Å². The molecule has 4 rings (SSSR count). The lowest BCUT2D eigenvalue weighted by molar-refractivity contribution is -0.117. The van der Waals surface area contributed by atoms with E-state index in [2.05, 4.69) is 15.8 Å². The van der Waals surface area contributed by atoms with Crippen molar-refractivity contribution < 1.29 is 14.7 Å². The summed E-state index contributed by atoms with van der Waals surface area (Å²) in [7, 11) is 3.87. The highest BCUT2D eigenvalue weighted by Gasteiger charge is 2.14. The topological polar surface area (TPSA) is 94.0 Å². The maximum absolute atomic E-state index is 13.1. The van der Waals surface area contributed by atoms with Crippen molar-refractivity contribution in [2.24, 2.45) is 5.10 Å². The summed E-state index contributed by atoms with van der Waals surface area (Å²) >= 11 is 6.29. The number of hydrogen-bond donors (Lipinski definition) is 3. The first-order chi connectivity index (χ1) is 19.3. The SMILES string of the molecule is CN(C)c1ccc(C=C(NC(=O)c2ccccc2)C(=O)NN=Cc2cc(Cc3ccccc3Cl)ccc2O)cc1. The zero-order valence-electron chi connectivity index (χ0n) is 22.1. The van der Waals surface area contributed by atoms with Crippen LogP contribution in [0.2, 0.25) is 5.02 Å². The van der Waals surface area contributed by atoms with Gasteiger partial charge in [-0.3, -0.25) is 9.59 Å². The number of hydrogen-bond acceptors (Lipinski definition) is 5. The summed E-state index contributed by atoms with van der Waals surface area (Å²) in [5, 5.41) is 17.7. The van der Waals surface area contributed by atoms with Gasteiger partial charge in [0.1, 0.15) is 11.4 Å². The largest absolute Gasteiger partial charge is 0.507 e. The molecule has 0 saturated heterocycles. The van der Waals surface area contributed by atoms with E-state index in [0.717, 1.165) is 22.4 Å². The second kappa shape index (κ2) is 13.3. The lowest BCUT2D eigenvalue weighted by Crippen LogP contribution is -2.32. The van der Waals surface area contributed by atoms with Crippen LogP contribution < -0.4 is 15.6 Å². The van der Waals surface area contributed by atoms with E-state index in [-0.39, 0.29) is 11.4 Å². The third kappa shape index (κ3) is 7.58. The van der Waals surface area contributed by atoms with Gasteiger partial charge in [0.2, 0.25) is 0 Å². The molecule has 3 N–H and O–H groups in total. The Kier molecular flexibility index (Phi) is 9.33. The average Bonchev–Trinajstić information content (AvgIpc) is 2.96. The number of anilines is 1. The van der Waals surface area contributed by atoms with Crippen LogP contribution in [0.5, 0.6) is 5.75 Å². The lowest BCUT2D eigenvalue weighted by atomic mass is 10.0. The van der Waals surface area contributed by atoms with Crippen LogP contribution in [-0.4, -0.2) is 37.2 Å². The van der Waals surface area contributed by atoms with E-state index in [1.165, 1.54) is 6.21 Å². The van der Waals surface area contributed by atoms with Crippen LogP contribution in [0.25, 0.3) is 6.08 Å². The second-order valence-electron chi connectivity index (χ2n) is 9.22. The molecule has 0 aliphatic rings. The number of amides is 2. The molecule has 0 saturated carbocycles. The van der Waals surface area contributed by atoms with E-state index >= 15 is 0 Å². The number of rotatable bonds is 9. The summed E-state index contributed by atoms with van der Waals surface area (Å²) in [6.45, 7) is 0. The average molecular weight is 553 g/mol. The Morgan fingerprint density at radius 1 is 0.925 bits per heavy atom. The van der Waals surface area contributed by atoms with Gasteiger partial charge in [-0.25, -0.2) is 5.43 Å². The van der Waals surface area contributed by atoms with Gasteiger partial charge < -0.3 is 15.3 Å². The van der Waals surface area contributed by atoms with E-state index < -0.39 is 11.8 Å². The molecule has 0 spiro atoms. The molecule has 4 aromatic carbocycles. The fourth-order valence-corrected chi connectivity index (χ4v) is 4.08. The minimum absolute atomic E-state index is 0.00929. The lowest BCUT2D eigenvalue weighted by Gasteiger charge is -2.12. The molecule has 0 bridgehead atoms. The summed E-state index contributed by atoms with van der Waals surface area (Å²) in [6, 6.07) is 28.8. The zero-order valence-corrected chi connectivity index (χ0v) is 22.9. The van der Waals surface area contributed by atoms with E-state index in [0.29, 0.717) is 22.6 Å². The third-order valence-corrected chi connectivity index (χ3v) is 6.43. The molecule has 2 amide bonds. The summed E-state index contributed by atoms with van der Waals surface area (Å²) < 4.78 is 0. The number of nitrogens with zero attached hydrogens (tertiary/aromatic N) is 2. The molecule has 4 aromatic rings. The Labute approximate surface area is 238 Å². The van der Waals surface area contributed by atoms with E-state index in [1.54, 1.807) is 54.6 Å². The van der Waals surface area contributed by atoms with Gasteiger partial charge in [-0.2, -0.15) is 5.10 Å². The number of phenolic OH excluding ortho intramolecular Hbond substituents is 1. The van der Waals surface area contributed by atoms with Crippen LogP contribution in [0, 0.1) is 0 Å². The Bertz CT molecular complexity index is 1550. The van der Waals surface area contributed by atoms with Gasteiger partial charge in [-0.15, -0.1) is 0 Å². The van der Waals surface area contributed by atoms with E-state index in [9.17, 15) is 14.7 Å². The number of carbonyl (C=O) groups is 2. The maximum atomic E-state index is 13.1. The fourth-order valence-electron chi connectivity index (χ4n) is 3.88. The normalized spacial score (nSPS) is 11.3. The van der Waals surface area contributed by atoms with Gasteiger partial charge in [-0.1, -0.05) is 66.2 Å². The van der Waals surface area contributed by atoms with Crippen LogP contribution in [0.4, 0.5) is 5.69 Å². The fraction of sp³-hybridized carbons (Fsp3) is 0.0938. The smallest absolute Gasteiger partial charge is 0.287 e. The Balaban J connectivity index is 1.53. The van der Waals surface area contributed by atoms with Gasteiger partial charge in [0.25, 0.3) is 11.8 Å². The van der Waals surface area contributed by atoms with Crippen LogP contribution in [0.15, 0.2) is 108 Å². The first-order valence-corrected chi connectivity index (χ1v) is 12.9. The second-order valence-corrected chi connectivity index (χ2v) is 9.63. The first kappa shape index (κ1) is 28.1. The molecule has 0 unspecified atom stereocenters. The quantitative estimate of drug-likeness (QED) is 0.143. The van der Waals surface area contributed by atoms with Crippen LogP contribution in [0.3, 0.4) is 0 Å². The van der Waals surface area contributed by atoms with Crippen molar-refractivity contribution >= 4 is 41.4 Å². The number of hydrazone groups is 1. The monoisotopic (exact) mass is 552 g/mol. The zero-order chi connectivity index (χ0) is 28.5. The number of halogens is 1. The molecule has 8 heteroatoms. The molecule has 40 heavy (non-hydrogen) atoms. The summed E-state index contributed by atoms with van der Waals surface area (Å²) in [5.41, 5.74) is 6.88. The predicted octanol–water partition coefficient (Wildman–Crippen LogP) is 5.62. The molecule has 0 aliphatic heterocycles. The number of nitrogens with one attached hydrogen (secondary N) is 2. The molecule has 0 aromatic heterocycles. The van der Waals surface area contributed by atoms with Crippen molar-refractivity contribution in [1.82, 2.24) is 10.7 Å². The molecule has 0 radical (unpaired) electrons. The minimum atomic E-state index is -0.621. The van der Waals surface area contributed by atoms with Crippen molar-refractivity contribution in [3.05, 3.63) is 136 Å². The van der Waals surface area contributed by atoms with Crippen molar-refractivity contribution in [3.63, 3.8) is 0 Å². The Hall–Kier alpha value is -4.88. The molecule has 202 valence electrons. The highest BCUT2D eigenvalue weighted by molar-refractivity contribution is 6.31. The van der Waals surface area contributed by atoms with Gasteiger partial charge in [0.05, 0.1) is 6.21 Å². The van der Waals surface area contributed by atoms with Crippen molar-refractivity contribution in [3.8, 4) is 5.75 Å². The number of benzene rings is 4. The van der Waals surface area contributed by atoms with Gasteiger partial charge in [0.15, 0.2) is 0 Å². The molecule has 7 nitrogen and oxygen atoms in total.